The maximum absolute atomic E-state index is 5.70. The molecule has 0 N–H and O–H groups in total. The molecule has 2 aromatic rings. The third-order valence-electron chi connectivity index (χ3n) is 4.29. The van der Waals surface area contributed by atoms with Crippen molar-refractivity contribution >= 4 is 11.0 Å². The molecule has 2 heteroatoms. The van der Waals surface area contributed by atoms with Crippen LogP contribution in [0.25, 0.3) is 11.0 Å². The zero-order valence-corrected chi connectivity index (χ0v) is 16.8. The first-order valence-corrected chi connectivity index (χ1v) is 9.31. The lowest BCUT2D eigenvalue weighted by atomic mass is 9.85. The molecule has 0 fully saturated rings. The van der Waals surface area contributed by atoms with Crippen LogP contribution >= 0.6 is 0 Å². The molecule has 134 valence electrons. The molecule has 0 bridgehead atoms. The Morgan fingerprint density at radius 3 is 2.29 bits per heavy atom. The van der Waals surface area contributed by atoms with E-state index >= 15 is 0 Å². The van der Waals surface area contributed by atoms with E-state index in [1.54, 1.807) is 0 Å². The van der Waals surface area contributed by atoms with Crippen LogP contribution in [0.15, 0.2) is 34.7 Å². The van der Waals surface area contributed by atoms with Gasteiger partial charge in [0, 0.05) is 12.1 Å². The predicted octanol–water partition coefficient (Wildman–Crippen LogP) is 6.45. The van der Waals surface area contributed by atoms with Gasteiger partial charge in [0.2, 0.25) is 0 Å². The van der Waals surface area contributed by atoms with Crippen molar-refractivity contribution < 1.29 is 4.42 Å². The van der Waals surface area contributed by atoms with Crippen LogP contribution in [0, 0.1) is 6.92 Å². The number of rotatable bonds is 5. The van der Waals surface area contributed by atoms with E-state index in [4.69, 9.17) is 4.42 Å². The molecule has 0 spiro atoms. The molecule has 1 aromatic carbocycles. The second-order valence-electron chi connectivity index (χ2n) is 7.62. The summed E-state index contributed by atoms with van der Waals surface area (Å²) in [5.41, 5.74) is 2.48. The average molecular weight is 331 g/mol. The van der Waals surface area contributed by atoms with Gasteiger partial charge in [-0.3, -0.25) is 0 Å². The van der Waals surface area contributed by atoms with Crippen LogP contribution in [-0.4, -0.2) is 25.0 Å². The molecule has 0 aliphatic rings. The van der Waals surface area contributed by atoms with Crippen molar-refractivity contribution in [1.29, 1.82) is 0 Å². The third kappa shape index (κ3) is 6.60. The van der Waals surface area contributed by atoms with Gasteiger partial charge in [0.15, 0.2) is 0 Å². The Hall–Kier alpha value is -1.41. The van der Waals surface area contributed by atoms with Gasteiger partial charge in [0.05, 0.1) is 12.3 Å². The standard InChI is InChI=1S/C14H17O.C8H19N/c1-10-9-12(14(2,3)4)11-7-5-6-8-13(11)15-10;1-4-6-7-8-9(3)5-2/h5-9H,1-4H3;4-8H2,1-3H3/q+1;. The highest BCUT2D eigenvalue weighted by Gasteiger charge is 2.22. The van der Waals surface area contributed by atoms with E-state index in [9.17, 15) is 0 Å². The summed E-state index contributed by atoms with van der Waals surface area (Å²) >= 11 is 0. The summed E-state index contributed by atoms with van der Waals surface area (Å²) in [7, 11) is 2.18. The first kappa shape index (κ1) is 20.6. The van der Waals surface area contributed by atoms with E-state index in [1.807, 2.05) is 19.1 Å². The second kappa shape index (κ2) is 9.78. The van der Waals surface area contributed by atoms with Crippen LogP contribution in [0.4, 0.5) is 0 Å². The fourth-order valence-corrected chi connectivity index (χ4v) is 2.67. The smallest absolute Gasteiger partial charge is 0.307 e. The highest BCUT2D eigenvalue weighted by atomic mass is 16.3. The molecule has 0 aliphatic heterocycles. The average Bonchev–Trinajstić information content (AvgIpc) is 2.53. The Kier molecular flexibility index (Phi) is 8.41. The Morgan fingerprint density at radius 2 is 1.71 bits per heavy atom. The zero-order valence-electron chi connectivity index (χ0n) is 16.8. The quantitative estimate of drug-likeness (QED) is 0.462. The minimum absolute atomic E-state index is 0.154. The summed E-state index contributed by atoms with van der Waals surface area (Å²) in [6.45, 7) is 15.6. The molecular formula is C22H36NO+. The molecule has 0 atom stereocenters. The maximum Gasteiger partial charge on any atom is 0.360 e. The first-order chi connectivity index (χ1) is 11.3. The molecule has 2 rings (SSSR count). The number of benzene rings is 1. The van der Waals surface area contributed by atoms with Gasteiger partial charge in [-0.05, 0) is 43.6 Å². The third-order valence-corrected chi connectivity index (χ3v) is 4.29. The number of hydrogen-bond donors (Lipinski definition) is 0. The number of para-hydroxylation sites is 1. The molecule has 0 unspecified atom stereocenters. The van der Waals surface area contributed by atoms with Crippen LogP contribution in [0.3, 0.4) is 0 Å². The SMILES string of the molecule is CCCCCN(C)CC.Cc1cc(C(C)(C)C)c2ccccc2[o+]1. The van der Waals surface area contributed by atoms with Gasteiger partial charge in [-0.15, -0.1) is 0 Å². The number of hydrogen-bond acceptors (Lipinski definition) is 1. The lowest BCUT2D eigenvalue weighted by Crippen LogP contribution is -2.18. The largest absolute Gasteiger partial charge is 0.360 e. The van der Waals surface area contributed by atoms with Crippen molar-refractivity contribution in [2.75, 3.05) is 20.1 Å². The molecule has 0 amide bonds. The van der Waals surface area contributed by atoms with E-state index in [2.05, 4.69) is 64.8 Å². The number of nitrogens with zero attached hydrogens (tertiary/aromatic N) is 1. The lowest BCUT2D eigenvalue weighted by molar-refractivity contribution is 0.343. The fourth-order valence-electron chi connectivity index (χ4n) is 2.67. The molecule has 0 saturated carbocycles. The maximum atomic E-state index is 5.70. The highest BCUT2D eigenvalue weighted by molar-refractivity contribution is 5.81. The van der Waals surface area contributed by atoms with Gasteiger partial charge in [0.1, 0.15) is 0 Å². The van der Waals surface area contributed by atoms with Crippen molar-refractivity contribution in [2.45, 2.75) is 66.2 Å². The molecule has 1 aromatic heterocycles. The normalized spacial score (nSPS) is 11.5. The monoisotopic (exact) mass is 330 g/mol. The molecule has 0 saturated heterocycles. The highest BCUT2D eigenvalue weighted by Crippen LogP contribution is 2.30. The van der Waals surface area contributed by atoms with Gasteiger partial charge in [-0.2, -0.15) is 0 Å². The van der Waals surface area contributed by atoms with E-state index < -0.39 is 0 Å². The van der Waals surface area contributed by atoms with Crippen molar-refractivity contribution in [3.8, 4) is 0 Å². The van der Waals surface area contributed by atoms with Crippen LogP contribution in [-0.2, 0) is 5.41 Å². The summed E-state index contributed by atoms with van der Waals surface area (Å²) in [5, 5.41) is 1.22. The van der Waals surface area contributed by atoms with Crippen molar-refractivity contribution in [1.82, 2.24) is 4.90 Å². The number of fused-ring (bicyclic) bond motifs is 1. The Bertz CT molecular complexity index is 613. The molecule has 0 radical (unpaired) electrons. The van der Waals surface area contributed by atoms with Crippen LogP contribution in [0.1, 0.15) is 65.2 Å². The summed E-state index contributed by atoms with van der Waals surface area (Å²) in [6, 6.07) is 10.4. The van der Waals surface area contributed by atoms with Gasteiger partial charge in [0.25, 0.3) is 0 Å². The molecule has 0 aliphatic carbocycles. The Morgan fingerprint density at radius 1 is 1.04 bits per heavy atom. The Labute approximate surface area is 148 Å². The lowest BCUT2D eigenvalue weighted by Gasteiger charge is -2.18. The second-order valence-corrected chi connectivity index (χ2v) is 7.62. The summed E-state index contributed by atoms with van der Waals surface area (Å²) in [4.78, 5) is 2.36. The summed E-state index contributed by atoms with van der Waals surface area (Å²) < 4.78 is 5.70. The van der Waals surface area contributed by atoms with Crippen molar-refractivity contribution in [2.24, 2.45) is 0 Å². The van der Waals surface area contributed by atoms with Gasteiger partial charge >= 0.3 is 11.3 Å². The van der Waals surface area contributed by atoms with Crippen molar-refractivity contribution in [3.63, 3.8) is 0 Å². The predicted molar refractivity (Wildman–Crippen MR) is 107 cm³/mol. The molecule has 1 heterocycles. The number of unbranched alkanes of at least 4 members (excludes halogenated alkanes) is 2. The van der Waals surface area contributed by atoms with E-state index in [1.165, 1.54) is 43.3 Å². The molecular weight excluding hydrogens is 294 g/mol. The zero-order chi connectivity index (χ0) is 18.2. The summed E-state index contributed by atoms with van der Waals surface area (Å²) in [6.07, 6.45) is 4.07. The van der Waals surface area contributed by atoms with Crippen LogP contribution in [0.2, 0.25) is 0 Å². The number of aryl methyl sites for hydroxylation is 1. The minimum Gasteiger partial charge on any atom is -0.307 e. The van der Waals surface area contributed by atoms with Crippen LogP contribution in [0.5, 0.6) is 0 Å². The van der Waals surface area contributed by atoms with Gasteiger partial charge < -0.3 is 4.90 Å². The van der Waals surface area contributed by atoms with E-state index in [0.717, 1.165) is 11.3 Å². The van der Waals surface area contributed by atoms with E-state index in [0.29, 0.717) is 0 Å². The van der Waals surface area contributed by atoms with E-state index in [-0.39, 0.29) is 5.41 Å². The van der Waals surface area contributed by atoms with Gasteiger partial charge in [-0.25, -0.2) is 4.42 Å². The van der Waals surface area contributed by atoms with Crippen molar-refractivity contribution in [3.05, 3.63) is 41.7 Å². The van der Waals surface area contributed by atoms with Crippen LogP contribution < -0.4 is 0 Å². The summed E-state index contributed by atoms with van der Waals surface area (Å²) in [5.74, 6) is 0.971. The first-order valence-electron chi connectivity index (χ1n) is 9.31. The Balaban J connectivity index is 0.000000277. The minimum atomic E-state index is 0.154. The fraction of sp³-hybridized carbons (Fsp3) is 0.591. The molecule has 24 heavy (non-hydrogen) atoms. The molecule has 2 nitrogen and oxygen atoms in total. The van der Waals surface area contributed by atoms with Gasteiger partial charge in [-0.1, -0.05) is 59.6 Å². The topological polar surface area (TPSA) is 14.5 Å².